The first-order chi connectivity index (χ1) is 10.1. The van der Waals surface area contributed by atoms with Gasteiger partial charge in [-0.15, -0.1) is 0 Å². The van der Waals surface area contributed by atoms with E-state index in [4.69, 9.17) is 0 Å². The molecule has 2 aromatic rings. The second-order valence-electron chi connectivity index (χ2n) is 5.00. The number of nitrogens with zero attached hydrogens (tertiary/aromatic N) is 3. The van der Waals surface area contributed by atoms with Crippen LogP contribution in [0.25, 0.3) is 0 Å². The molecule has 6 nitrogen and oxygen atoms in total. The molecular formula is C15H21N5O. The molecule has 2 N–H and O–H groups in total. The summed E-state index contributed by atoms with van der Waals surface area (Å²) >= 11 is 0. The van der Waals surface area contributed by atoms with Crippen LogP contribution in [0.2, 0.25) is 0 Å². The molecule has 2 heterocycles. The van der Waals surface area contributed by atoms with Crippen molar-refractivity contribution in [2.45, 2.75) is 33.4 Å². The van der Waals surface area contributed by atoms with E-state index in [1.165, 1.54) is 0 Å². The quantitative estimate of drug-likeness (QED) is 0.850. The van der Waals surface area contributed by atoms with Crippen LogP contribution in [0.15, 0.2) is 30.7 Å². The summed E-state index contributed by atoms with van der Waals surface area (Å²) in [6.07, 6.45) is 5.21. The van der Waals surface area contributed by atoms with E-state index in [-0.39, 0.29) is 11.9 Å². The van der Waals surface area contributed by atoms with Gasteiger partial charge < -0.3 is 10.6 Å². The number of pyridine rings is 1. The molecule has 0 aliphatic rings. The molecule has 1 amide bonds. The highest BCUT2D eigenvalue weighted by molar-refractivity contribution is 5.99. The second kappa shape index (κ2) is 6.88. The molecule has 21 heavy (non-hydrogen) atoms. The second-order valence-corrected chi connectivity index (χ2v) is 5.00. The van der Waals surface area contributed by atoms with Gasteiger partial charge >= 0.3 is 0 Å². The Bertz CT molecular complexity index is 594. The first kappa shape index (κ1) is 15.0. The van der Waals surface area contributed by atoms with Gasteiger partial charge in [0, 0.05) is 36.9 Å². The van der Waals surface area contributed by atoms with Gasteiger partial charge in [-0.1, -0.05) is 0 Å². The van der Waals surface area contributed by atoms with Crippen LogP contribution in [0.4, 0.5) is 5.69 Å². The molecule has 0 radical (unpaired) electrons. The molecular weight excluding hydrogens is 266 g/mol. The molecule has 0 aliphatic carbocycles. The van der Waals surface area contributed by atoms with Crippen molar-refractivity contribution in [3.63, 3.8) is 0 Å². The lowest BCUT2D eigenvalue weighted by molar-refractivity contribution is 0.0936. The molecule has 0 fully saturated rings. The van der Waals surface area contributed by atoms with E-state index < -0.39 is 0 Å². The summed E-state index contributed by atoms with van der Waals surface area (Å²) < 4.78 is 1.80. The van der Waals surface area contributed by atoms with Crippen LogP contribution in [0.1, 0.15) is 29.9 Å². The summed E-state index contributed by atoms with van der Waals surface area (Å²) in [6, 6.07) is 3.73. The van der Waals surface area contributed by atoms with Crippen LogP contribution in [-0.2, 0) is 6.54 Å². The van der Waals surface area contributed by atoms with Crippen molar-refractivity contribution in [3.8, 4) is 0 Å². The van der Waals surface area contributed by atoms with Gasteiger partial charge in [0.25, 0.3) is 5.91 Å². The minimum Gasteiger partial charge on any atom is -0.385 e. The Morgan fingerprint density at radius 2 is 2.29 bits per heavy atom. The van der Waals surface area contributed by atoms with Crippen molar-refractivity contribution in [2.75, 3.05) is 11.9 Å². The van der Waals surface area contributed by atoms with E-state index in [1.54, 1.807) is 17.1 Å². The summed E-state index contributed by atoms with van der Waals surface area (Å²) in [6.45, 7) is 7.25. The van der Waals surface area contributed by atoms with Crippen LogP contribution >= 0.6 is 0 Å². The molecule has 0 aromatic carbocycles. The number of nitrogens with one attached hydrogen (secondary N) is 2. The van der Waals surface area contributed by atoms with E-state index in [9.17, 15) is 4.79 Å². The van der Waals surface area contributed by atoms with Gasteiger partial charge in [-0.25, -0.2) is 0 Å². The van der Waals surface area contributed by atoms with Crippen molar-refractivity contribution in [2.24, 2.45) is 0 Å². The molecule has 112 valence electrons. The zero-order chi connectivity index (χ0) is 15.2. The number of carbonyl (C=O) groups is 1. The fourth-order valence-corrected chi connectivity index (χ4v) is 2.11. The summed E-state index contributed by atoms with van der Waals surface area (Å²) in [5.74, 6) is -0.127. The Labute approximate surface area is 124 Å². The SMILES string of the molecule is CCNc1cc(C)ncc1C(=O)NC(C)Cn1cccn1. The van der Waals surface area contributed by atoms with Crippen molar-refractivity contribution in [1.29, 1.82) is 0 Å². The minimum atomic E-state index is -0.127. The van der Waals surface area contributed by atoms with Crippen molar-refractivity contribution in [1.82, 2.24) is 20.1 Å². The van der Waals surface area contributed by atoms with E-state index in [0.29, 0.717) is 12.1 Å². The maximum Gasteiger partial charge on any atom is 0.255 e. The van der Waals surface area contributed by atoms with Crippen LogP contribution in [0.5, 0.6) is 0 Å². The zero-order valence-corrected chi connectivity index (χ0v) is 12.6. The van der Waals surface area contributed by atoms with Gasteiger partial charge in [-0.2, -0.15) is 5.10 Å². The van der Waals surface area contributed by atoms with Crippen molar-refractivity contribution in [3.05, 3.63) is 42.0 Å². The Morgan fingerprint density at radius 3 is 2.95 bits per heavy atom. The number of amides is 1. The first-order valence-corrected chi connectivity index (χ1v) is 7.09. The molecule has 0 saturated heterocycles. The predicted molar refractivity (Wildman–Crippen MR) is 82.3 cm³/mol. The fourth-order valence-electron chi connectivity index (χ4n) is 2.11. The molecule has 0 saturated carbocycles. The van der Waals surface area contributed by atoms with E-state index >= 15 is 0 Å². The Morgan fingerprint density at radius 1 is 1.48 bits per heavy atom. The minimum absolute atomic E-state index is 0.0202. The third kappa shape index (κ3) is 4.05. The summed E-state index contributed by atoms with van der Waals surface area (Å²) in [5.41, 5.74) is 2.26. The lowest BCUT2D eigenvalue weighted by Crippen LogP contribution is -2.36. The first-order valence-electron chi connectivity index (χ1n) is 7.09. The highest BCUT2D eigenvalue weighted by Crippen LogP contribution is 2.15. The average molecular weight is 287 g/mol. The number of hydrogen-bond donors (Lipinski definition) is 2. The highest BCUT2D eigenvalue weighted by atomic mass is 16.1. The number of rotatable bonds is 6. The molecule has 0 spiro atoms. The lowest BCUT2D eigenvalue weighted by atomic mass is 10.2. The molecule has 6 heteroatoms. The molecule has 2 rings (SSSR count). The Hall–Kier alpha value is -2.37. The number of aromatic nitrogens is 3. The zero-order valence-electron chi connectivity index (χ0n) is 12.6. The maximum absolute atomic E-state index is 12.4. The Kier molecular flexibility index (Phi) is 4.92. The topological polar surface area (TPSA) is 71.8 Å². The van der Waals surface area contributed by atoms with Crippen LogP contribution in [-0.4, -0.2) is 33.3 Å². The van der Waals surface area contributed by atoms with Crippen LogP contribution in [0.3, 0.4) is 0 Å². The van der Waals surface area contributed by atoms with E-state index in [1.807, 2.05) is 39.1 Å². The number of hydrogen-bond acceptors (Lipinski definition) is 4. The largest absolute Gasteiger partial charge is 0.385 e. The predicted octanol–water partition coefficient (Wildman–Crippen LogP) is 1.84. The summed E-state index contributed by atoms with van der Waals surface area (Å²) in [4.78, 5) is 16.6. The van der Waals surface area contributed by atoms with Gasteiger partial charge in [0.05, 0.1) is 17.8 Å². The van der Waals surface area contributed by atoms with Gasteiger partial charge in [0.1, 0.15) is 0 Å². The Balaban J connectivity index is 2.05. The normalized spacial score (nSPS) is 12.0. The van der Waals surface area contributed by atoms with Gasteiger partial charge in [-0.3, -0.25) is 14.5 Å². The van der Waals surface area contributed by atoms with Crippen LogP contribution in [0, 0.1) is 6.92 Å². The summed E-state index contributed by atoms with van der Waals surface area (Å²) in [7, 11) is 0. The smallest absolute Gasteiger partial charge is 0.255 e. The number of anilines is 1. The van der Waals surface area contributed by atoms with Crippen molar-refractivity contribution < 1.29 is 4.79 Å². The number of aryl methyl sites for hydroxylation is 1. The molecule has 1 unspecified atom stereocenters. The van der Waals surface area contributed by atoms with Crippen LogP contribution < -0.4 is 10.6 Å². The third-order valence-corrected chi connectivity index (χ3v) is 3.05. The summed E-state index contributed by atoms with van der Waals surface area (Å²) in [5, 5.41) is 10.3. The fraction of sp³-hybridized carbons (Fsp3) is 0.400. The monoisotopic (exact) mass is 287 g/mol. The molecule has 0 bridgehead atoms. The van der Waals surface area contributed by atoms with Gasteiger partial charge in [0.15, 0.2) is 0 Å². The molecule has 2 aromatic heterocycles. The van der Waals surface area contributed by atoms with Gasteiger partial charge in [0.2, 0.25) is 0 Å². The molecule has 1 atom stereocenters. The third-order valence-electron chi connectivity index (χ3n) is 3.05. The molecule has 0 aliphatic heterocycles. The average Bonchev–Trinajstić information content (AvgIpc) is 2.91. The maximum atomic E-state index is 12.4. The number of carbonyl (C=O) groups excluding carboxylic acids is 1. The lowest BCUT2D eigenvalue weighted by Gasteiger charge is -2.16. The standard InChI is InChI=1S/C15H21N5O/c1-4-16-14-8-11(2)17-9-13(14)15(21)19-12(3)10-20-7-5-6-18-20/h5-9,12H,4,10H2,1-3H3,(H,16,17)(H,19,21). The van der Waals surface area contributed by atoms with E-state index in [2.05, 4.69) is 20.7 Å². The van der Waals surface area contributed by atoms with Crippen molar-refractivity contribution >= 4 is 11.6 Å². The van der Waals surface area contributed by atoms with Gasteiger partial charge in [-0.05, 0) is 32.9 Å². The van der Waals surface area contributed by atoms with E-state index in [0.717, 1.165) is 17.9 Å². The highest BCUT2D eigenvalue weighted by Gasteiger charge is 2.14.